The number of nitrogens with two attached hydrogens (primary N) is 1. The van der Waals surface area contributed by atoms with E-state index in [9.17, 15) is 0 Å². The van der Waals surface area contributed by atoms with Crippen molar-refractivity contribution < 1.29 is 0 Å². The first-order valence-electron chi connectivity index (χ1n) is 5.69. The molecule has 0 aliphatic carbocycles. The molecule has 0 spiro atoms. The molecule has 0 saturated carbocycles. The summed E-state index contributed by atoms with van der Waals surface area (Å²) >= 11 is 0. The molecule has 0 amide bonds. The highest BCUT2D eigenvalue weighted by Gasteiger charge is 2.09. The zero-order valence-electron chi connectivity index (χ0n) is 9.34. The third-order valence-corrected chi connectivity index (χ3v) is 2.88. The predicted molar refractivity (Wildman–Crippen MR) is 68.4 cm³/mol. The fraction of sp³-hybridized carbons (Fsp3) is 0.200. The van der Waals surface area contributed by atoms with Crippen LogP contribution in [0.25, 0.3) is 0 Å². The monoisotopic (exact) mass is 211 g/mol. The number of hydrogen-bond acceptors (Lipinski definition) is 1. The largest absolute Gasteiger partial charge is 0.330 e. The SMILES string of the molecule is NC[C@H](Cc1ccccc1)c1ccccc1. The second-order valence-corrected chi connectivity index (χ2v) is 4.03. The summed E-state index contributed by atoms with van der Waals surface area (Å²) in [4.78, 5) is 0. The maximum atomic E-state index is 5.85. The van der Waals surface area contributed by atoms with Crippen LogP contribution in [0.3, 0.4) is 0 Å². The van der Waals surface area contributed by atoms with E-state index in [0.29, 0.717) is 12.5 Å². The van der Waals surface area contributed by atoms with Gasteiger partial charge in [-0.25, -0.2) is 0 Å². The molecule has 1 heteroatoms. The van der Waals surface area contributed by atoms with Crippen molar-refractivity contribution in [3.8, 4) is 0 Å². The summed E-state index contributed by atoms with van der Waals surface area (Å²) in [6, 6.07) is 21.0. The highest BCUT2D eigenvalue weighted by atomic mass is 14.5. The molecule has 2 rings (SSSR count). The van der Waals surface area contributed by atoms with Gasteiger partial charge >= 0.3 is 0 Å². The van der Waals surface area contributed by atoms with E-state index in [1.165, 1.54) is 11.1 Å². The van der Waals surface area contributed by atoms with E-state index in [0.717, 1.165) is 6.42 Å². The Labute approximate surface area is 96.9 Å². The molecular weight excluding hydrogens is 194 g/mol. The molecular formula is C15H17N. The van der Waals surface area contributed by atoms with Crippen molar-refractivity contribution in [3.05, 3.63) is 71.8 Å². The molecule has 0 heterocycles. The summed E-state index contributed by atoms with van der Waals surface area (Å²) in [5.41, 5.74) is 8.53. The quantitative estimate of drug-likeness (QED) is 0.826. The minimum atomic E-state index is 0.420. The predicted octanol–water partition coefficient (Wildman–Crippen LogP) is 2.97. The van der Waals surface area contributed by atoms with Crippen LogP contribution >= 0.6 is 0 Å². The van der Waals surface area contributed by atoms with Crippen LogP contribution in [0.1, 0.15) is 17.0 Å². The molecule has 0 fully saturated rings. The van der Waals surface area contributed by atoms with Gasteiger partial charge in [0.1, 0.15) is 0 Å². The van der Waals surface area contributed by atoms with Crippen LogP contribution in [0.5, 0.6) is 0 Å². The zero-order chi connectivity index (χ0) is 11.2. The van der Waals surface area contributed by atoms with Crippen molar-refractivity contribution in [1.82, 2.24) is 0 Å². The summed E-state index contributed by atoms with van der Waals surface area (Å²) < 4.78 is 0. The standard InChI is InChI=1S/C15H17N/c16-12-15(14-9-5-2-6-10-14)11-13-7-3-1-4-8-13/h1-10,15H,11-12,16H2/t15-/m0/s1. The normalized spacial score (nSPS) is 12.3. The van der Waals surface area contributed by atoms with E-state index >= 15 is 0 Å². The Balaban J connectivity index is 2.13. The van der Waals surface area contributed by atoms with E-state index in [1.54, 1.807) is 0 Å². The number of rotatable bonds is 4. The Hall–Kier alpha value is -1.60. The van der Waals surface area contributed by atoms with E-state index in [1.807, 2.05) is 12.1 Å². The maximum absolute atomic E-state index is 5.85. The molecule has 0 radical (unpaired) electrons. The van der Waals surface area contributed by atoms with Gasteiger partial charge in [-0.1, -0.05) is 60.7 Å². The Bertz CT molecular complexity index is 408. The Morgan fingerprint density at radius 1 is 0.812 bits per heavy atom. The summed E-state index contributed by atoms with van der Waals surface area (Å²) in [6.07, 6.45) is 1.02. The summed E-state index contributed by atoms with van der Waals surface area (Å²) in [5.74, 6) is 0.420. The zero-order valence-corrected chi connectivity index (χ0v) is 9.34. The fourth-order valence-electron chi connectivity index (χ4n) is 1.96. The topological polar surface area (TPSA) is 26.0 Å². The van der Waals surface area contributed by atoms with Crippen molar-refractivity contribution in [1.29, 1.82) is 0 Å². The number of hydrogen-bond donors (Lipinski definition) is 1. The van der Waals surface area contributed by atoms with Gasteiger partial charge in [0.2, 0.25) is 0 Å². The van der Waals surface area contributed by atoms with Gasteiger partial charge in [-0.05, 0) is 24.1 Å². The van der Waals surface area contributed by atoms with E-state index in [-0.39, 0.29) is 0 Å². The van der Waals surface area contributed by atoms with Crippen molar-refractivity contribution >= 4 is 0 Å². The second kappa shape index (κ2) is 5.47. The molecule has 0 saturated heterocycles. The molecule has 2 aromatic carbocycles. The van der Waals surface area contributed by atoms with Gasteiger partial charge in [-0.2, -0.15) is 0 Å². The third-order valence-electron chi connectivity index (χ3n) is 2.88. The molecule has 82 valence electrons. The molecule has 2 N–H and O–H groups in total. The lowest BCUT2D eigenvalue weighted by atomic mass is 9.92. The van der Waals surface area contributed by atoms with Crippen molar-refractivity contribution in [3.63, 3.8) is 0 Å². The Kier molecular flexibility index (Phi) is 3.73. The van der Waals surface area contributed by atoms with Crippen molar-refractivity contribution in [2.45, 2.75) is 12.3 Å². The van der Waals surface area contributed by atoms with Gasteiger partial charge in [0.05, 0.1) is 0 Å². The van der Waals surface area contributed by atoms with Crippen LogP contribution < -0.4 is 5.73 Å². The highest BCUT2D eigenvalue weighted by Crippen LogP contribution is 2.19. The van der Waals surface area contributed by atoms with Gasteiger partial charge in [-0.3, -0.25) is 0 Å². The van der Waals surface area contributed by atoms with Crippen LogP contribution in [0.2, 0.25) is 0 Å². The molecule has 0 bridgehead atoms. The Morgan fingerprint density at radius 3 is 1.94 bits per heavy atom. The lowest BCUT2D eigenvalue weighted by Gasteiger charge is -2.15. The maximum Gasteiger partial charge on any atom is 0.000157 e. The first-order valence-corrected chi connectivity index (χ1v) is 5.69. The van der Waals surface area contributed by atoms with E-state index in [2.05, 4.69) is 48.5 Å². The Morgan fingerprint density at radius 2 is 1.38 bits per heavy atom. The van der Waals surface area contributed by atoms with Gasteiger partial charge in [0, 0.05) is 5.92 Å². The van der Waals surface area contributed by atoms with Crippen molar-refractivity contribution in [2.24, 2.45) is 5.73 Å². The molecule has 0 aliphatic rings. The first kappa shape index (κ1) is 10.9. The lowest BCUT2D eigenvalue weighted by molar-refractivity contribution is 0.694. The average Bonchev–Trinajstić information content (AvgIpc) is 2.38. The van der Waals surface area contributed by atoms with E-state index < -0.39 is 0 Å². The van der Waals surface area contributed by atoms with Crippen LogP contribution in [-0.4, -0.2) is 6.54 Å². The van der Waals surface area contributed by atoms with Gasteiger partial charge in [0.25, 0.3) is 0 Å². The van der Waals surface area contributed by atoms with Gasteiger partial charge < -0.3 is 5.73 Å². The fourth-order valence-corrected chi connectivity index (χ4v) is 1.96. The molecule has 1 nitrogen and oxygen atoms in total. The number of benzene rings is 2. The molecule has 0 aliphatic heterocycles. The summed E-state index contributed by atoms with van der Waals surface area (Å²) in [7, 11) is 0. The first-order chi connectivity index (χ1) is 7.90. The van der Waals surface area contributed by atoms with Crippen LogP contribution in [0.4, 0.5) is 0 Å². The average molecular weight is 211 g/mol. The molecule has 0 aromatic heterocycles. The molecule has 16 heavy (non-hydrogen) atoms. The van der Waals surface area contributed by atoms with Crippen molar-refractivity contribution in [2.75, 3.05) is 6.54 Å². The molecule has 2 aromatic rings. The van der Waals surface area contributed by atoms with Gasteiger partial charge in [-0.15, -0.1) is 0 Å². The summed E-state index contributed by atoms with van der Waals surface area (Å²) in [6.45, 7) is 0.693. The van der Waals surface area contributed by atoms with Crippen LogP contribution in [-0.2, 0) is 6.42 Å². The minimum Gasteiger partial charge on any atom is -0.330 e. The molecule has 0 unspecified atom stereocenters. The lowest BCUT2D eigenvalue weighted by Crippen LogP contribution is -2.14. The van der Waals surface area contributed by atoms with Gasteiger partial charge in [0.15, 0.2) is 0 Å². The smallest absolute Gasteiger partial charge is 0.000157 e. The minimum absolute atomic E-state index is 0.420. The second-order valence-electron chi connectivity index (χ2n) is 4.03. The van der Waals surface area contributed by atoms with Crippen LogP contribution in [0.15, 0.2) is 60.7 Å². The molecule has 1 atom stereocenters. The van der Waals surface area contributed by atoms with E-state index in [4.69, 9.17) is 5.73 Å². The highest BCUT2D eigenvalue weighted by molar-refractivity contribution is 5.24. The summed E-state index contributed by atoms with van der Waals surface area (Å²) in [5, 5.41) is 0. The third kappa shape index (κ3) is 2.71. The van der Waals surface area contributed by atoms with Crippen LogP contribution in [0, 0.1) is 0 Å².